The van der Waals surface area contributed by atoms with E-state index in [4.69, 9.17) is 4.74 Å². The van der Waals surface area contributed by atoms with E-state index in [0.717, 1.165) is 55.0 Å². The Morgan fingerprint density at radius 2 is 1.75 bits per heavy atom. The van der Waals surface area contributed by atoms with E-state index in [1.165, 1.54) is 0 Å². The number of rotatable bonds is 4. The van der Waals surface area contributed by atoms with Crippen LogP contribution in [0.15, 0.2) is 48.5 Å². The molecule has 1 N–H and O–H groups in total. The highest BCUT2D eigenvalue weighted by Crippen LogP contribution is 2.28. The van der Waals surface area contributed by atoms with Gasteiger partial charge in [0.25, 0.3) is 5.91 Å². The highest BCUT2D eigenvalue weighted by atomic mass is 16.5. The average Bonchev–Trinajstić information content (AvgIpc) is 2.88. The molecular formula is C25H32N4O3. The van der Waals surface area contributed by atoms with Gasteiger partial charge in [-0.15, -0.1) is 0 Å². The monoisotopic (exact) mass is 436 g/mol. The van der Waals surface area contributed by atoms with E-state index in [1.807, 2.05) is 46.2 Å². The molecule has 1 unspecified atom stereocenters. The summed E-state index contributed by atoms with van der Waals surface area (Å²) in [5.74, 6) is 1.19. The maximum atomic E-state index is 13.2. The standard InChI is InChI=1S/C25H32N4O3/c1-26-25(31)29-11-5-8-21(18-29)19-6-3-7-20(16-19)24(30)28-14-12-27(13-15-28)22-9-4-10-23(17-22)32-2/h3-4,6-7,9-10,16-17,21H,5,8,11-15,18H2,1-2H3,(H,26,31). The predicted octanol–water partition coefficient (Wildman–Crippen LogP) is 3.18. The van der Waals surface area contributed by atoms with Crippen molar-refractivity contribution in [2.75, 3.05) is 58.3 Å². The third-order valence-electron chi connectivity index (χ3n) is 6.51. The van der Waals surface area contributed by atoms with Gasteiger partial charge < -0.3 is 24.8 Å². The molecule has 2 aromatic carbocycles. The SMILES string of the molecule is CNC(=O)N1CCCC(c2cccc(C(=O)N3CCN(c4cccc(OC)c4)CC3)c2)C1. The number of nitrogens with zero attached hydrogens (tertiary/aromatic N) is 3. The number of nitrogens with one attached hydrogen (secondary N) is 1. The summed E-state index contributed by atoms with van der Waals surface area (Å²) in [5.41, 5.74) is 2.99. The van der Waals surface area contributed by atoms with Gasteiger partial charge in [0.15, 0.2) is 0 Å². The van der Waals surface area contributed by atoms with Crippen molar-refractivity contribution in [1.29, 1.82) is 0 Å². The molecule has 0 aromatic heterocycles. The minimum absolute atomic E-state index is 0.0316. The van der Waals surface area contributed by atoms with Crippen LogP contribution in [0, 0.1) is 0 Å². The molecule has 1 atom stereocenters. The van der Waals surface area contributed by atoms with Gasteiger partial charge in [-0.05, 0) is 42.7 Å². The number of benzene rings is 2. The summed E-state index contributed by atoms with van der Waals surface area (Å²) in [6.45, 7) is 4.44. The van der Waals surface area contributed by atoms with Crippen molar-refractivity contribution >= 4 is 17.6 Å². The fourth-order valence-corrected chi connectivity index (χ4v) is 4.67. The van der Waals surface area contributed by atoms with E-state index >= 15 is 0 Å². The summed E-state index contributed by atoms with van der Waals surface area (Å²) in [4.78, 5) is 31.3. The van der Waals surface area contributed by atoms with Gasteiger partial charge in [-0.3, -0.25) is 4.79 Å². The molecule has 0 bridgehead atoms. The third kappa shape index (κ3) is 4.82. The van der Waals surface area contributed by atoms with Crippen LogP contribution in [0.5, 0.6) is 5.75 Å². The Hall–Kier alpha value is -3.22. The molecule has 0 radical (unpaired) electrons. The number of carbonyl (C=O) groups excluding carboxylic acids is 2. The first kappa shape index (κ1) is 22.0. The van der Waals surface area contributed by atoms with Gasteiger partial charge in [0.1, 0.15) is 5.75 Å². The van der Waals surface area contributed by atoms with Crippen molar-refractivity contribution in [3.05, 3.63) is 59.7 Å². The highest BCUT2D eigenvalue weighted by molar-refractivity contribution is 5.94. The van der Waals surface area contributed by atoms with Crippen molar-refractivity contribution in [3.8, 4) is 5.75 Å². The lowest BCUT2D eigenvalue weighted by molar-refractivity contribution is 0.0746. The van der Waals surface area contributed by atoms with Crippen LogP contribution in [0.2, 0.25) is 0 Å². The lowest BCUT2D eigenvalue weighted by Crippen LogP contribution is -2.48. The number of carbonyl (C=O) groups is 2. The summed E-state index contributed by atoms with van der Waals surface area (Å²) in [5, 5.41) is 2.72. The van der Waals surface area contributed by atoms with Crippen LogP contribution >= 0.6 is 0 Å². The van der Waals surface area contributed by atoms with Crippen molar-refractivity contribution in [2.24, 2.45) is 0 Å². The molecule has 170 valence electrons. The van der Waals surface area contributed by atoms with Gasteiger partial charge in [-0.2, -0.15) is 0 Å². The molecule has 7 heteroatoms. The van der Waals surface area contributed by atoms with Crippen molar-refractivity contribution in [3.63, 3.8) is 0 Å². The summed E-state index contributed by atoms with van der Waals surface area (Å²) in [6, 6.07) is 16.0. The predicted molar refractivity (Wildman–Crippen MR) is 126 cm³/mol. The van der Waals surface area contributed by atoms with Crippen LogP contribution < -0.4 is 15.0 Å². The number of piperazine rings is 1. The topological polar surface area (TPSA) is 65.1 Å². The molecule has 2 aliphatic heterocycles. The highest BCUT2D eigenvalue weighted by Gasteiger charge is 2.26. The molecule has 0 spiro atoms. The zero-order valence-electron chi connectivity index (χ0n) is 18.9. The maximum absolute atomic E-state index is 13.2. The first-order chi connectivity index (χ1) is 15.6. The number of amides is 3. The van der Waals surface area contributed by atoms with Crippen LogP contribution in [0.1, 0.15) is 34.7 Å². The van der Waals surface area contributed by atoms with E-state index in [2.05, 4.69) is 22.3 Å². The summed E-state index contributed by atoms with van der Waals surface area (Å²) in [6.07, 6.45) is 2.01. The normalized spacial score (nSPS) is 18.9. The van der Waals surface area contributed by atoms with Crippen LogP contribution in [0.3, 0.4) is 0 Å². The van der Waals surface area contributed by atoms with E-state index in [-0.39, 0.29) is 17.9 Å². The smallest absolute Gasteiger partial charge is 0.317 e. The molecule has 0 aliphatic carbocycles. The van der Waals surface area contributed by atoms with Gasteiger partial charge in [-0.25, -0.2) is 4.79 Å². The van der Waals surface area contributed by atoms with E-state index in [0.29, 0.717) is 19.6 Å². The maximum Gasteiger partial charge on any atom is 0.317 e. The number of piperidine rings is 1. The van der Waals surface area contributed by atoms with Crippen molar-refractivity contribution in [1.82, 2.24) is 15.1 Å². The number of methoxy groups -OCH3 is 1. The van der Waals surface area contributed by atoms with E-state index in [9.17, 15) is 9.59 Å². The molecule has 32 heavy (non-hydrogen) atoms. The molecule has 3 amide bonds. The minimum atomic E-state index is -0.0316. The third-order valence-corrected chi connectivity index (χ3v) is 6.51. The fourth-order valence-electron chi connectivity index (χ4n) is 4.67. The van der Waals surface area contributed by atoms with Crippen LogP contribution in [-0.2, 0) is 0 Å². The van der Waals surface area contributed by atoms with Crippen LogP contribution in [0.25, 0.3) is 0 Å². The second-order valence-electron chi connectivity index (χ2n) is 8.45. The number of likely N-dealkylation sites (tertiary alicyclic amines) is 1. The largest absolute Gasteiger partial charge is 0.497 e. The molecule has 7 nitrogen and oxygen atoms in total. The van der Waals surface area contributed by atoms with Gasteiger partial charge in [0, 0.05) is 69.6 Å². The van der Waals surface area contributed by atoms with Crippen LogP contribution in [-0.4, -0.2) is 75.2 Å². The van der Waals surface area contributed by atoms with Gasteiger partial charge >= 0.3 is 6.03 Å². The van der Waals surface area contributed by atoms with Crippen LogP contribution in [0.4, 0.5) is 10.5 Å². The molecular weight excluding hydrogens is 404 g/mol. The molecule has 2 fully saturated rings. The Bertz CT molecular complexity index is 956. The Morgan fingerprint density at radius 1 is 0.969 bits per heavy atom. The molecule has 2 heterocycles. The number of hydrogen-bond acceptors (Lipinski definition) is 4. The summed E-state index contributed by atoms with van der Waals surface area (Å²) in [7, 11) is 3.34. The van der Waals surface area contributed by atoms with Crippen molar-refractivity contribution < 1.29 is 14.3 Å². The molecule has 2 aromatic rings. The molecule has 0 saturated carbocycles. The zero-order chi connectivity index (χ0) is 22.5. The van der Waals surface area contributed by atoms with Gasteiger partial charge in [0.2, 0.25) is 0 Å². The zero-order valence-corrected chi connectivity index (χ0v) is 18.9. The Labute approximate surface area is 189 Å². The Balaban J connectivity index is 1.39. The Kier molecular flexibility index (Phi) is 6.83. The number of anilines is 1. The summed E-state index contributed by atoms with van der Waals surface area (Å²) < 4.78 is 5.33. The fraction of sp³-hybridized carbons (Fsp3) is 0.440. The number of ether oxygens (including phenoxy) is 1. The average molecular weight is 437 g/mol. The molecule has 4 rings (SSSR count). The number of hydrogen-bond donors (Lipinski definition) is 1. The first-order valence-corrected chi connectivity index (χ1v) is 11.3. The quantitative estimate of drug-likeness (QED) is 0.800. The molecule has 2 saturated heterocycles. The van der Waals surface area contributed by atoms with Crippen molar-refractivity contribution in [2.45, 2.75) is 18.8 Å². The molecule has 2 aliphatic rings. The van der Waals surface area contributed by atoms with Gasteiger partial charge in [-0.1, -0.05) is 18.2 Å². The minimum Gasteiger partial charge on any atom is -0.497 e. The van der Waals surface area contributed by atoms with E-state index in [1.54, 1.807) is 14.2 Å². The lowest BCUT2D eigenvalue weighted by Gasteiger charge is -2.36. The first-order valence-electron chi connectivity index (χ1n) is 11.3. The lowest BCUT2D eigenvalue weighted by atomic mass is 9.89. The second-order valence-corrected chi connectivity index (χ2v) is 8.45. The Morgan fingerprint density at radius 3 is 2.50 bits per heavy atom. The summed E-state index contributed by atoms with van der Waals surface area (Å²) >= 11 is 0. The number of urea groups is 1. The van der Waals surface area contributed by atoms with E-state index < -0.39 is 0 Å². The second kappa shape index (κ2) is 9.94. The van der Waals surface area contributed by atoms with Gasteiger partial charge in [0.05, 0.1) is 7.11 Å².